The van der Waals surface area contributed by atoms with E-state index in [2.05, 4.69) is 4.99 Å². The van der Waals surface area contributed by atoms with Crippen LogP contribution in [0.15, 0.2) is 53.0 Å². The highest BCUT2D eigenvalue weighted by atomic mass is 16.1. The SMILES string of the molecule is CN(C)C=NC(=O)C(C#N)=CC=Cc1ccccc1. The number of carbonyl (C=O) groups is 1. The van der Waals surface area contributed by atoms with Crippen LogP contribution in [0, 0.1) is 11.3 Å². The molecule has 0 aromatic heterocycles. The van der Waals surface area contributed by atoms with E-state index < -0.39 is 5.91 Å². The average Bonchev–Trinajstić information content (AvgIpc) is 2.42. The second-order valence-electron chi connectivity index (χ2n) is 3.98. The van der Waals surface area contributed by atoms with Gasteiger partial charge in [0.2, 0.25) is 0 Å². The molecule has 0 spiro atoms. The molecule has 0 N–H and O–H groups in total. The smallest absolute Gasteiger partial charge is 0.289 e. The largest absolute Gasteiger partial charge is 0.369 e. The lowest BCUT2D eigenvalue weighted by atomic mass is 10.2. The zero-order valence-electron chi connectivity index (χ0n) is 10.9. The van der Waals surface area contributed by atoms with Gasteiger partial charge in [0.15, 0.2) is 0 Å². The fraction of sp³-hybridized carbons (Fsp3) is 0.133. The van der Waals surface area contributed by atoms with E-state index in [0.717, 1.165) is 5.56 Å². The first kappa shape index (κ1) is 14.4. The second kappa shape index (κ2) is 7.62. The molecule has 4 heteroatoms. The van der Waals surface area contributed by atoms with Crippen molar-refractivity contribution in [3.63, 3.8) is 0 Å². The maximum absolute atomic E-state index is 11.6. The lowest BCUT2D eigenvalue weighted by Gasteiger charge is -2.00. The summed E-state index contributed by atoms with van der Waals surface area (Å²) >= 11 is 0. The summed E-state index contributed by atoms with van der Waals surface area (Å²) in [7, 11) is 3.50. The van der Waals surface area contributed by atoms with Crippen molar-refractivity contribution >= 4 is 18.3 Å². The summed E-state index contributed by atoms with van der Waals surface area (Å²) in [4.78, 5) is 16.9. The van der Waals surface area contributed by atoms with Gasteiger partial charge < -0.3 is 4.90 Å². The predicted molar refractivity (Wildman–Crippen MR) is 76.4 cm³/mol. The molecule has 0 saturated carbocycles. The Morgan fingerprint density at radius 3 is 2.58 bits per heavy atom. The number of rotatable bonds is 4. The van der Waals surface area contributed by atoms with Gasteiger partial charge in [0, 0.05) is 14.1 Å². The Hall–Kier alpha value is -2.67. The molecule has 1 amide bonds. The van der Waals surface area contributed by atoms with Crippen molar-refractivity contribution in [2.45, 2.75) is 0 Å². The first-order valence-corrected chi connectivity index (χ1v) is 5.72. The topological polar surface area (TPSA) is 56.5 Å². The van der Waals surface area contributed by atoms with Gasteiger partial charge in [-0.05, 0) is 11.6 Å². The number of benzene rings is 1. The molecule has 0 aliphatic rings. The van der Waals surface area contributed by atoms with Crippen molar-refractivity contribution in [3.8, 4) is 6.07 Å². The van der Waals surface area contributed by atoms with Crippen LogP contribution in [0.1, 0.15) is 5.56 Å². The van der Waals surface area contributed by atoms with Gasteiger partial charge in [-0.3, -0.25) is 4.79 Å². The van der Waals surface area contributed by atoms with Gasteiger partial charge in [-0.15, -0.1) is 0 Å². The van der Waals surface area contributed by atoms with Crippen LogP contribution in [0.5, 0.6) is 0 Å². The van der Waals surface area contributed by atoms with Gasteiger partial charge in [-0.1, -0.05) is 42.5 Å². The van der Waals surface area contributed by atoms with Crippen molar-refractivity contribution in [1.29, 1.82) is 5.26 Å². The van der Waals surface area contributed by atoms with E-state index in [-0.39, 0.29) is 5.57 Å². The van der Waals surface area contributed by atoms with Crippen LogP contribution in [-0.4, -0.2) is 31.2 Å². The summed E-state index contributed by atoms with van der Waals surface area (Å²) in [5.41, 5.74) is 1.01. The van der Waals surface area contributed by atoms with Gasteiger partial charge in [-0.2, -0.15) is 10.3 Å². The molecular weight excluding hydrogens is 238 g/mol. The van der Waals surface area contributed by atoms with Crippen molar-refractivity contribution in [2.24, 2.45) is 4.99 Å². The summed E-state index contributed by atoms with van der Waals surface area (Å²) in [5.74, 6) is -0.547. The third-order valence-electron chi connectivity index (χ3n) is 2.11. The molecule has 19 heavy (non-hydrogen) atoms. The van der Waals surface area contributed by atoms with E-state index in [1.807, 2.05) is 42.5 Å². The van der Waals surface area contributed by atoms with E-state index in [9.17, 15) is 4.79 Å². The van der Waals surface area contributed by atoms with Gasteiger partial charge in [-0.25, -0.2) is 0 Å². The zero-order valence-corrected chi connectivity index (χ0v) is 10.9. The van der Waals surface area contributed by atoms with Crippen LogP contribution in [0.3, 0.4) is 0 Å². The van der Waals surface area contributed by atoms with Crippen LogP contribution in [-0.2, 0) is 4.79 Å². The van der Waals surface area contributed by atoms with E-state index in [1.165, 1.54) is 12.4 Å². The van der Waals surface area contributed by atoms with E-state index >= 15 is 0 Å². The number of carbonyl (C=O) groups excluding carboxylic acids is 1. The summed E-state index contributed by atoms with van der Waals surface area (Å²) in [5, 5.41) is 8.90. The minimum atomic E-state index is -0.547. The molecule has 0 aliphatic carbocycles. The molecule has 0 atom stereocenters. The molecule has 4 nitrogen and oxygen atoms in total. The normalized spacial score (nSPS) is 11.7. The van der Waals surface area contributed by atoms with E-state index in [1.54, 1.807) is 25.1 Å². The molecule has 1 aromatic carbocycles. The Balaban J connectivity index is 2.76. The van der Waals surface area contributed by atoms with Crippen molar-refractivity contribution in [1.82, 2.24) is 4.90 Å². The third-order valence-corrected chi connectivity index (χ3v) is 2.11. The quantitative estimate of drug-likeness (QED) is 0.272. The standard InChI is InChI=1S/C15H15N3O/c1-18(2)12-17-15(19)14(11-16)10-6-9-13-7-4-3-5-8-13/h3-10,12H,1-2H3. The van der Waals surface area contributed by atoms with Crippen molar-refractivity contribution < 1.29 is 4.79 Å². The first-order chi connectivity index (χ1) is 9.13. The maximum Gasteiger partial charge on any atom is 0.289 e. The number of allylic oxidation sites excluding steroid dienone is 2. The van der Waals surface area contributed by atoms with Crippen molar-refractivity contribution in [2.75, 3.05) is 14.1 Å². The summed E-state index contributed by atoms with van der Waals surface area (Å²) < 4.78 is 0. The third kappa shape index (κ3) is 5.46. The Kier molecular flexibility index (Phi) is 5.77. The van der Waals surface area contributed by atoms with Gasteiger partial charge in [0.1, 0.15) is 11.6 Å². The molecule has 0 saturated heterocycles. The van der Waals surface area contributed by atoms with Crippen LogP contribution in [0.25, 0.3) is 6.08 Å². The average molecular weight is 253 g/mol. The first-order valence-electron chi connectivity index (χ1n) is 5.72. The van der Waals surface area contributed by atoms with Crippen LogP contribution < -0.4 is 0 Å². The molecule has 96 valence electrons. The molecule has 0 fully saturated rings. The molecule has 0 aliphatic heterocycles. The Morgan fingerprint density at radius 2 is 2.00 bits per heavy atom. The molecule has 0 radical (unpaired) electrons. The zero-order chi connectivity index (χ0) is 14.1. The highest BCUT2D eigenvalue weighted by Gasteiger charge is 2.04. The Morgan fingerprint density at radius 1 is 1.32 bits per heavy atom. The highest BCUT2D eigenvalue weighted by molar-refractivity contribution is 6.01. The summed E-state index contributed by atoms with van der Waals surface area (Å²) in [6.45, 7) is 0. The minimum absolute atomic E-state index is 0.00489. The predicted octanol–water partition coefficient (Wildman–Crippen LogP) is 2.27. The molecule has 1 aromatic rings. The number of hydrogen-bond acceptors (Lipinski definition) is 2. The molecule has 0 bridgehead atoms. The molecular formula is C15H15N3O. The number of nitrogens with zero attached hydrogens (tertiary/aromatic N) is 3. The monoisotopic (exact) mass is 253 g/mol. The second-order valence-corrected chi connectivity index (χ2v) is 3.98. The lowest BCUT2D eigenvalue weighted by molar-refractivity contribution is -0.114. The Labute approximate surface area is 113 Å². The number of nitriles is 1. The fourth-order valence-electron chi connectivity index (χ4n) is 1.21. The van der Waals surface area contributed by atoms with Crippen molar-refractivity contribution in [3.05, 3.63) is 53.6 Å². The maximum atomic E-state index is 11.6. The molecule has 0 heterocycles. The number of amides is 1. The van der Waals surface area contributed by atoms with Crippen LogP contribution in [0.4, 0.5) is 0 Å². The van der Waals surface area contributed by atoms with Gasteiger partial charge in [0.05, 0.1) is 6.34 Å². The number of hydrogen-bond donors (Lipinski definition) is 0. The number of aliphatic imine (C=N–C) groups is 1. The van der Waals surface area contributed by atoms with Crippen LogP contribution in [0.2, 0.25) is 0 Å². The summed E-state index contributed by atoms with van der Waals surface area (Å²) in [6, 6.07) is 11.5. The Bertz CT molecular complexity index is 549. The van der Waals surface area contributed by atoms with E-state index in [4.69, 9.17) is 5.26 Å². The van der Waals surface area contributed by atoms with E-state index in [0.29, 0.717) is 0 Å². The van der Waals surface area contributed by atoms with Gasteiger partial charge >= 0.3 is 0 Å². The molecule has 1 rings (SSSR count). The lowest BCUT2D eigenvalue weighted by Crippen LogP contribution is -2.10. The summed E-state index contributed by atoms with van der Waals surface area (Å²) in [6.07, 6.45) is 6.31. The van der Waals surface area contributed by atoms with Crippen LogP contribution >= 0.6 is 0 Å². The minimum Gasteiger partial charge on any atom is -0.369 e. The fourth-order valence-corrected chi connectivity index (χ4v) is 1.21. The highest BCUT2D eigenvalue weighted by Crippen LogP contribution is 2.03. The van der Waals surface area contributed by atoms with Gasteiger partial charge in [0.25, 0.3) is 5.91 Å². The molecule has 0 unspecified atom stereocenters.